The number of carbonyl (C=O) groups is 2. The normalized spacial score (nSPS) is 29.2. The summed E-state index contributed by atoms with van der Waals surface area (Å²) in [5.41, 5.74) is 1.13. The molecule has 3 fully saturated rings. The Morgan fingerprint density at radius 2 is 2.00 bits per heavy atom. The molecule has 5 heteroatoms. The molecule has 1 aliphatic heterocycles. The average molecular weight is 327 g/mol. The summed E-state index contributed by atoms with van der Waals surface area (Å²) in [6.45, 7) is 2.18. The number of nitrogens with zero attached hydrogens (tertiary/aromatic N) is 2. The van der Waals surface area contributed by atoms with Crippen LogP contribution >= 0.6 is 0 Å². The van der Waals surface area contributed by atoms with Crippen LogP contribution in [0.15, 0.2) is 24.5 Å². The average Bonchev–Trinajstić information content (AvgIpc) is 2.98. The predicted molar refractivity (Wildman–Crippen MR) is 89.8 cm³/mol. The predicted octanol–water partition coefficient (Wildman–Crippen LogP) is 2.13. The van der Waals surface area contributed by atoms with E-state index in [1.54, 1.807) is 12.4 Å². The van der Waals surface area contributed by atoms with Crippen LogP contribution in [-0.4, -0.2) is 34.8 Å². The van der Waals surface area contributed by atoms with Gasteiger partial charge in [0.25, 0.3) is 0 Å². The highest BCUT2D eigenvalue weighted by Gasteiger charge is 2.61. The highest BCUT2D eigenvalue weighted by atomic mass is 16.2. The van der Waals surface area contributed by atoms with Gasteiger partial charge in [0.05, 0.1) is 0 Å². The summed E-state index contributed by atoms with van der Waals surface area (Å²) in [5.74, 6) is 0.813. The fraction of sp³-hybridized carbons (Fsp3) is 0.632. The Bertz CT molecular complexity index is 627. The fourth-order valence-electron chi connectivity index (χ4n) is 4.50. The number of likely N-dealkylation sites (tertiary alicyclic amines) is 1. The summed E-state index contributed by atoms with van der Waals surface area (Å²) in [6.07, 6.45) is 9.89. The van der Waals surface area contributed by atoms with E-state index < -0.39 is 0 Å². The number of hydrogen-bond acceptors (Lipinski definition) is 3. The van der Waals surface area contributed by atoms with E-state index in [0.29, 0.717) is 12.5 Å². The Balaban J connectivity index is 1.29. The van der Waals surface area contributed by atoms with Crippen molar-refractivity contribution in [1.29, 1.82) is 0 Å². The largest absolute Gasteiger partial charge is 0.352 e. The molecule has 0 radical (unpaired) electrons. The third-order valence-electron chi connectivity index (χ3n) is 6.12. The zero-order chi connectivity index (χ0) is 16.6. The van der Waals surface area contributed by atoms with Crippen molar-refractivity contribution in [2.45, 2.75) is 45.1 Å². The maximum absolute atomic E-state index is 12.6. The quantitative estimate of drug-likeness (QED) is 0.921. The first-order chi connectivity index (χ1) is 11.7. The number of nitrogens with one attached hydrogen (secondary N) is 1. The monoisotopic (exact) mass is 327 g/mol. The molecule has 24 heavy (non-hydrogen) atoms. The molecule has 4 rings (SSSR count). The summed E-state index contributed by atoms with van der Waals surface area (Å²) in [5, 5.41) is 3.04. The first kappa shape index (κ1) is 15.6. The van der Waals surface area contributed by atoms with Crippen LogP contribution in [0.25, 0.3) is 0 Å². The molecular weight excluding hydrogens is 302 g/mol. The SMILES string of the molecule is O=C(NCc1ccncc1)C1CC12CCN(C(=O)C1CCCC1)C2. The van der Waals surface area contributed by atoms with Crippen molar-refractivity contribution >= 4 is 11.8 Å². The van der Waals surface area contributed by atoms with Crippen molar-refractivity contribution in [3.63, 3.8) is 0 Å². The summed E-state index contributed by atoms with van der Waals surface area (Å²) in [7, 11) is 0. The molecule has 2 saturated carbocycles. The van der Waals surface area contributed by atoms with E-state index >= 15 is 0 Å². The van der Waals surface area contributed by atoms with Crippen LogP contribution in [0.1, 0.15) is 44.1 Å². The van der Waals surface area contributed by atoms with Crippen molar-refractivity contribution < 1.29 is 9.59 Å². The van der Waals surface area contributed by atoms with Crippen LogP contribution in [0, 0.1) is 17.3 Å². The Hall–Kier alpha value is -1.91. The van der Waals surface area contributed by atoms with Crippen LogP contribution in [0.3, 0.4) is 0 Å². The Morgan fingerprint density at radius 3 is 2.75 bits per heavy atom. The lowest BCUT2D eigenvalue weighted by Gasteiger charge is -2.20. The second-order valence-corrected chi connectivity index (χ2v) is 7.68. The maximum Gasteiger partial charge on any atom is 0.225 e. The van der Waals surface area contributed by atoms with Crippen LogP contribution < -0.4 is 5.32 Å². The summed E-state index contributed by atoms with van der Waals surface area (Å²) >= 11 is 0. The number of aromatic nitrogens is 1. The topological polar surface area (TPSA) is 62.3 Å². The smallest absolute Gasteiger partial charge is 0.225 e. The molecule has 2 unspecified atom stereocenters. The molecule has 2 amide bonds. The van der Waals surface area contributed by atoms with E-state index in [1.807, 2.05) is 17.0 Å². The van der Waals surface area contributed by atoms with Gasteiger partial charge >= 0.3 is 0 Å². The number of pyridine rings is 1. The summed E-state index contributed by atoms with van der Waals surface area (Å²) < 4.78 is 0. The molecule has 2 atom stereocenters. The maximum atomic E-state index is 12.6. The molecule has 1 aromatic rings. The third-order valence-corrected chi connectivity index (χ3v) is 6.12. The van der Waals surface area contributed by atoms with Crippen LogP contribution in [0.2, 0.25) is 0 Å². The first-order valence-corrected chi connectivity index (χ1v) is 9.13. The standard InChI is InChI=1S/C19H25N3O2/c23-17(21-12-14-5-8-20-9-6-14)16-11-19(16)7-10-22(13-19)18(24)15-3-1-2-4-15/h5-6,8-9,15-16H,1-4,7,10-13H2,(H,21,23). The minimum Gasteiger partial charge on any atom is -0.352 e. The second-order valence-electron chi connectivity index (χ2n) is 7.68. The molecule has 128 valence electrons. The van der Waals surface area contributed by atoms with Gasteiger partial charge in [-0.2, -0.15) is 0 Å². The molecule has 0 aromatic carbocycles. The van der Waals surface area contributed by atoms with Gasteiger partial charge in [-0.3, -0.25) is 14.6 Å². The summed E-state index contributed by atoms with van der Waals surface area (Å²) in [4.78, 5) is 31.0. The van der Waals surface area contributed by atoms with Gasteiger partial charge in [-0.25, -0.2) is 0 Å². The van der Waals surface area contributed by atoms with Crippen molar-refractivity contribution in [2.75, 3.05) is 13.1 Å². The van der Waals surface area contributed by atoms with Gasteiger partial charge in [0, 0.05) is 49.3 Å². The molecule has 1 N–H and O–H groups in total. The molecule has 2 heterocycles. The molecule has 1 aromatic heterocycles. The van der Waals surface area contributed by atoms with E-state index in [1.165, 1.54) is 12.8 Å². The van der Waals surface area contributed by atoms with E-state index in [-0.39, 0.29) is 23.2 Å². The van der Waals surface area contributed by atoms with E-state index in [0.717, 1.165) is 44.3 Å². The van der Waals surface area contributed by atoms with Gasteiger partial charge in [-0.05, 0) is 43.4 Å². The van der Waals surface area contributed by atoms with Gasteiger partial charge in [0.15, 0.2) is 0 Å². The van der Waals surface area contributed by atoms with Gasteiger partial charge in [-0.1, -0.05) is 12.8 Å². The van der Waals surface area contributed by atoms with Gasteiger partial charge in [0.2, 0.25) is 11.8 Å². The molecule has 3 aliphatic rings. The summed E-state index contributed by atoms with van der Waals surface area (Å²) in [6, 6.07) is 3.83. The van der Waals surface area contributed by atoms with E-state index in [4.69, 9.17) is 0 Å². The minimum absolute atomic E-state index is 0.0661. The Morgan fingerprint density at radius 1 is 1.25 bits per heavy atom. The Labute approximate surface area is 142 Å². The van der Waals surface area contributed by atoms with E-state index in [2.05, 4.69) is 10.3 Å². The fourth-order valence-corrected chi connectivity index (χ4v) is 4.50. The van der Waals surface area contributed by atoms with Gasteiger partial charge in [0.1, 0.15) is 0 Å². The number of amides is 2. The zero-order valence-corrected chi connectivity index (χ0v) is 14.0. The second kappa shape index (κ2) is 6.19. The number of rotatable bonds is 4. The van der Waals surface area contributed by atoms with Gasteiger partial charge < -0.3 is 10.2 Å². The van der Waals surface area contributed by atoms with Crippen molar-refractivity contribution in [2.24, 2.45) is 17.3 Å². The zero-order valence-electron chi connectivity index (χ0n) is 14.0. The highest BCUT2D eigenvalue weighted by Crippen LogP contribution is 2.58. The van der Waals surface area contributed by atoms with Crippen molar-refractivity contribution in [3.8, 4) is 0 Å². The molecular formula is C19H25N3O2. The van der Waals surface area contributed by atoms with Gasteiger partial charge in [-0.15, -0.1) is 0 Å². The molecule has 1 saturated heterocycles. The number of hydrogen-bond donors (Lipinski definition) is 1. The lowest BCUT2D eigenvalue weighted by Crippen LogP contribution is -2.34. The number of carbonyl (C=O) groups excluding carboxylic acids is 2. The third kappa shape index (κ3) is 2.92. The highest BCUT2D eigenvalue weighted by molar-refractivity contribution is 5.84. The first-order valence-electron chi connectivity index (χ1n) is 9.13. The molecule has 0 bridgehead atoms. The lowest BCUT2D eigenvalue weighted by molar-refractivity contribution is -0.134. The molecule has 1 spiro atoms. The van der Waals surface area contributed by atoms with Crippen molar-refractivity contribution in [3.05, 3.63) is 30.1 Å². The minimum atomic E-state index is 0.0661. The molecule has 2 aliphatic carbocycles. The molecule has 5 nitrogen and oxygen atoms in total. The van der Waals surface area contributed by atoms with Crippen LogP contribution in [-0.2, 0) is 16.1 Å². The van der Waals surface area contributed by atoms with E-state index in [9.17, 15) is 9.59 Å². The Kier molecular flexibility index (Phi) is 4.02. The lowest BCUT2D eigenvalue weighted by atomic mass is 10.0. The van der Waals surface area contributed by atoms with Crippen molar-refractivity contribution in [1.82, 2.24) is 15.2 Å². The van der Waals surface area contributed by atoms with Crippen LogP contribution in [0.5, 0.6) is 0 Å². The van der Waals surface area contributed by atoms with Crippen LogP contribution in [0.4, 0.5) is 0 Å².